The molecule has 150 valence electrons. The van der Waals surface area contributed by atoms with E-state index in [-0.39, 0.29) is 12.5 Å². The van der Waals surface area contributed by atoms with Gasteiger partial charge in [-0.2, -0.15) is 0 Å². The van der Waals surface area contributed by atoms with Crippen molar-refractivity contribution in [2.75, 3.05) is 19.0 Å². The molecule has 3 rings (SSSR count). The van der Waals surface area contributed by atoms with Gasteiger partial charge in [-0.25, -0.2) is 4.79 Å². The Morgan fingerprint density at radius 3 is 2.72 bits per heavy atom. The monoisotopic (exact) mass is 393 g/mol. The number of para-hydroxylation sites is 2. The number of amides is 1. The molecule has 1 heterocycles. The molecule has 0 aliphatic heterocycles. The molecular formula is C23H23NO5. The first kappa shape index (κ1) is 20.2. The van der Waals surface area contributed by atoms with Crippen LogP contribution in [-0.4, -0.2) is 25.6 Å². The molecule has 0 aliphatic carbocycles. The van der Waals surface area contributed by atoms with Crippen molar-refractivity contribution >= 4 is 34.6 Å². The molecule has 2 aromatic carbocycles. The number of esters is 1. The van der Waals surface area contributed by atoms with E-state index in [1.54, 1.807) is 19.2 Å². The third-order valence-corrected chi connectivity index (χ3v) is 4.48. The molecule has 0 bridgehead atoms. The zero-order valence-electron chi connectivity index (χ0n) is 16.7. The first-order valence-electron chi connectivity index (χ1n) is 9.31. The van der Waals surface area contributed by atoms with Gasteiger partial charge in [0, 0.05) is 17.1 Å². The van der Waals surface area contributed by atoms with Crippen LogP contribution in [-0.2, 0) is 20.7 Å². The zero-order chi connectivity index (χ0) is 20.8. The van der Waals surface area contributed by atoms with Crippen LogP contribution in [0.2, 0.25) is 0 Å². The maximum absolute atomic E-state index is 12.2. The molecule has 0 radical (unpaired) electrons. The van der Waals surface area contributed by atoms with Gasteiger partial charge >= 0.3 is 5.97 Å². The molecule has 0 saturated carbocycles. The van der Waals surface area contributed by atoms with E-state index in [0.29, 0.717) is 17.1 Å². The van der Waals surface area contributed by atoms with Gasteiger partial charge in [-0.3, -0.25) is 4.79 Å². The highest BCUT2D eigenvalue weighted by atomic mass is 16.5. The SMILES string of the molecule is CCc1cccc(C)c1NC(=O)COC(=O)C=Cc1cc2cccc(OC)c2o1. The lowest BCUT2D eigenvalue weighted by Crippen LogP contribution is -2.21. The molecule has 1 N–H and O–H groups in total. The number of furan rings is 1. The van der Waals surface area contributed by atoms with Gasteiger partial charge in [-0.15, -0.1) is 0 Å². The largest absolute Gasteiger partial charge is 0.493 e. The number of benzene rings is 2. The molecule has 0 spiro atoms. The molecule has 3 aromatic rings. The van der Waals surface area contributed by atoms with E-state index in [0.717, 1.165) is 28.6 Å². The number of hydrogen-bond acceptors (Lipinski definition) is 5. The second-order valence-electron chi connectivity index (χ2n) is 6.48. The van der Waals surface area contributed by atoms with Gasteiger partial charge in [0.05, 0.1) is 7.11 Å². The van der Waals surface area contributed by atoms with E-state index < -0.39 is 5.97 Å². The third-order valence-electron chi connectivity index (χ3n) is 4.48. The highest BCUT2D eigenvalue weighted by Gasteiger charge is 2.11. The van der Waals surface area contributed by atoms with E-state index in [1.165, 1.54) is 12.2 Å². The smallest absolute Gasteiger partial charge is 0.331 e. The van der Waals surface area contributed by atoms with Crippen LogP contribution in [0.25, 0.3) is 17.0 Å². The number of aryl methyl sites for hydroxylation is 2. The predicted molar refractivity (Wildman–Crippen MR) is 112 cm³/mol. The number of carbonyl (C=O) groups is 2. The van der Waals surface area contributed by atoms with E-state index >= 15 is 0 Å². The standard InChI is InChI=1S/C23H23NO5/c1-4-16-8-5-7-15(2)22(16)24-20(25)14-28-21(26)12-11-18-13-17-9-6-10-19(27-3)23(17)29-18/h5-13H,4,14H2,1-3H3,(H,24,25). The second-order valence-corrected chi connectivity index (χ2v) is 6.48. The Kier molecular flexibility index (Phi) is 6.34. The molecule has 29 heavy (non-hydrogen) atoms. The van der Waals surface area contributed by atoms with Gasteiger partial charge in [0.1, 0.15) is 5.76 Å². The highest BCUT2D eigenvalue weighted by molar-refractivity contribution is 5.96. The minimum absolute atomic E-state index is 0.366. The maximum Gasteiger partial charge on any atom is 0.331 e. The van der Waals surface area contributed by atoms with Crippen LogP contribution in [0.4, 0.5) is 5.69 Å². The van der Waals surface area contributed by atoms with Crippen molar-refractivity contribution in [3.05, 3.63) is 65.4 Å². The van der Waals surface area contributed by atoms with Crippen LogP contribution in [0.1, 0.15) is 23.8 Å². The molecule has 1 amide bonds. The van der Waals surface area contributed by atoms with E-state index in [9.17, 15) is 9.59 Å². The fourth-order valence-corrected chi connectivity index (χ4v) is 3.01. The number of hydrogen-bond donors (Lipinski definition) is 1. The summed E-state index contributed by atoms with van der Waals surface area (Å²) < 4.78 is 16.0. The van der Waals surface area contributed by atoms with Crippen molar-refractivity contribution in [2.45, 2.75) is 20.3 Å². The van der Waals surface area contributed by atoms with Crippen LogP contribution in [0, 0.1) is 6.92 Å². The maximum atomic E-state index is 12.2. The Morgan fingerprint density at radius 1 is 1.17 bits per heavy atom. The molecule has 6 heteroatoms. The predicted octanol–water partition coefficient (Wildman–Crippen LogP) is 4.51. The normalized spacial score (nSPS) is 11.0. The first-order chi connectivity index (χ1) is 14.0. The van der Waals surface area contributed by atoms with Crippen molar-refractivity contribution in [3.8, 4) is 5.75 Å². The Balaban J connectivity index is 1.58. The summed E-state index contributed by atoms with van der Waals surface area (Å²) >= 11 is 0. The molecule has 0 fully saturated rings. The Morgan fingerprint density at radius 2 is 1.97 bits per heavy atom. The van der Waals surface area contributed by atoms with Gasteiger partial charge < -0.3 is 19.2 Å². The van der Waals surface area contributed by atoms with Gasteiger partial charge in [-0.05, 0) is 42.7 Å². The van der Waals surface area contributed by atoms with Crippen molar-refractivity contribution < 1.29 is 23.5 Å². The Hall–Kier alpha value is -3.54. The van der Waals surface area contributed by atoms with Crippen LogP contribution >= 0.6 is 0 Å². The second kappa shape index (κ2) is 9.10. The lowest BCUT2D eigenvalue weighted by molar-refractivity contribution is -0.142. The number of anilines is 1. The van der Waals surface area contributed by atoms with Gasteiger partial charge in [0.25, 0.3) is 5.91 Å². The van der Waals surface area contributed by atoms with Gasteiger partial charge in [0.15, 0.2) is 17.9 Å². The van der Waals surface area contributed by atoms with E-state index in [1.807, 2.05) is 44.2 Å². The van der Waals surface area contributed by atoms with Crippen LogP contribution in [0.5, 0.6) is 5.75 Å². The molecule has 0 aliphatic rings. The Labute approximate surface area is 169 Å². The van der Waals surface area contributed by atoms with E-state index in [4.69, 9.17) is 13.9 Å². The summed E-state index contributed by atoms with van der Waals surface area (Å²) in [4.78, 5) is 24.1. The quantitative estimate of drug-likeness (QED) is 0.472. The highest BCUT2D eigenvalue weighted by Crippen LogP contribution is 2.28. The van der Waals surface area contributed by atoms with Crippen LogP contribution in [0.15, 0.2) is 53.0 Å². The average Bonchev–Trinajstić information content (AvgIpc) is 3.15. The fourth-order valence-electron chi connectivity index (χ4n) is 3.01. The lowest BCUT2D eigenvalue weighted by atomic mass is 10.1. The van der Waals surface area contributed by atoms with Crippen molar-refractivity contribution in [1.82, 2.24) is 0 Å². The fraction of sp³-hybridized carbons (Fsp3) is 0.217. The van der Waals surface area contributed by atoms with Crippen molar-refractivity contribution in [1.29, 1.82) is 0 Å². The molecule has 6 nitrogen and oxygen atoms in total. The van der Waals surface area contributed by atoms with Crippen molar-refractivity contribution in [2.24, 2.45) is 0 Å². The van der Waals surface area contributed by atoms with Gasteiger partial charge in [-0.1, -0.05) is 37.3 Å². The number of methoxy groups -OCH3 is 1. The minimum Gasteiger partial charge on any atom is -0.493 e. The van der Waals surface area contributed by atoms with Crippen molar-refractivity contribution in [3.63, 3.8) is 0 Å². The molecular weight excluding hydrogens is 370 g/mol. The lowest BCUT2D eigenvalue weighted by Gasteiger charge is -2.12. The summed E-state index contributed by atoms with van der Waals surface area (Å²) in [5.41, 5.74) is 3.37. The summed E-state index contributed by atoms with van der Waals surface area (Å²) in [7, 11) is 1.57. The first-order valence-corrected chi connectivity index (χ1v) is 9.31. The third kappa shape index (κ3) is 4.85. The molecule has 1 aromatic heterocycles. The summed E-state index contributed by atoms with van der Waals surface area (Å²) in [5, 5.41) is 3.68. The minimum atomic E-state index is -0.631. The summed E-state index contributed by atoms with van der Waals surface area (Å²) in [6.07, 6.45) is 3.51. The number of rotatable bonds is 7. The molecule has 0 unspecified atom stereocenters. The summed E-state index contributed by atoms with van der Waals surface area (Å²) in [6.45, 7) is 3.57. The van der Waals surface area contributed by atoms with Crippen LogP contribution < -0.4 is 10.1 Å². The zero-order valence-corrected chi connectivity index (χ0v) is 16.7. The summed E-state index contributed by atoms with van der Waals surface area (Å²) in [5.74, 6) is 0.0831. The Bertz CT molecular complexity index is 1060. The van der Waals surface area contributed by atoms with Gasteiger partial charge in [0.2, 0.25) is 0 Å². The topological polar surface area (TPSA) is 77.8 Å². The van der Waals surface area contributed by atoms with Crippen LogP contribution in [0.3, 0.4) is 0 Å². The molecule has 0 saturated heterocycles. The molecule has 0 atom stereocenters. The number of ether oxygens (including phenoxy) is 2. The average molecular weight is 393 g/mol. The number of fused-ring (bicyclic) bond motifs is 1. The summed E-state index contributed by atoms with van der Waals surface area (Å²) in [6, 6.07) is 13.2. The van der Waals surface area contributed by atoms with E-state index in [2.05, 4.69) is 5.32 Å². The number of carbonyl (C=O) groups excluding carboxylic acids is 2. The number of nitrogens with one attached hydrogen (secondary N) is 1.